The Hall–Kier alpha value is -0.150. The maximum atomic E-state index is 3.57. The molecule has 90 valence electrons. The molecule has 1 unspecified atom stereocenters. The van der Waals surface area contributed by atoms with E-state index in [0.29, 0.717) is 6.04 Å². The largest absolute Gasteiger partial charge is 0.371 e. The Morgan fingerprint density at radius 3 is 2.69 bits per heavy atom. The summed E-state index contributed by atoms with van der Waals surface area (Å²) >= 11 is 5.46. The Morgan fingerprint density at radius 1 is 1.44 bits per heavy atom. The van der Waals surface area contributed by atoms with Gasteiger partial charge in [0.1, 0.15) is 0 Å². The zero-order valence-electron chi connectivity index (χ0n) is 10.5. The molecule has 1 nitrogen and oxygen atoms in total. The van der Waals surface area contributed by atoms with Crippen molar-refractivity contribution in [2.24, 2.45) is 0 Å². The van der Waals surface area contributed by atoms with E-state index in [0.717, 1.165) is 11.1 Å². The van der Waals surface area contributed by atoms with E-state index in [9.17, 15) is 0 Å². The summed E-state index contributed by atoms with van der Waals surface area (Å²) < 4.78 is 0. The molecule has 1 rings (SSSR count). The zero-order valence-corrected chi connectivity index (χ0v) is 12.9. The van der Waals surface area contributed by atoms with Gasteiger partial charge in [-0.2, -0.15) is 11.8 Å². The highest BCUT2D eigenvalue weighted by molar-refractivity contribution is 9.08. The summed E-state index contributed by atoms with van der Waals surface area (Å²) in [5, 5.41) is 0.917. The van der Waals surface area contributed by atoms with Gasteiger partial charge in [0.05, 0.1) is 0 Å². The predicted octanol–water partition coefficient (Wildman–Crippen LogP) is 4.08. The average molecular weight is 302 g/mol. The van der Waals surface area contributed by atoms with Crippen LogP contribution < -0.4 is 4.90 Å². The number of nitrogens with zero attached hydrogens (tertiary/aromatic N) is 1. The molecule has 0 aromatic heterocycles. The van der Waals surface area contributed by atoms with E-state index in [1.807, 2.05) is 11.8 Å². The fraction of sp³-hybridized carbons (Fsp3) is 0.538. The van der Waals surface area contributed by atoms with Crippen LogP contribution in [-0.2, 0) is 5.33 Å². The lowest BCUT2D eigenvalue weighted by molar-refractivity contribution is 0.762. The van der Waals surface area contributed by atoms with Gasteiger partial charge in [-0.05, 0) is 31.7 Å². The number of benzene rings is 1. The molecule has 0 aliphatic rings. The molecule has 16 heavy (non-hydrogen) atoms. The molecule has 1 aromatic carbocycles. The predicted molar refractivity (Wildman–Crippen MR) is 80.1 cm³/mol. The van der Waals surface area contributed by atoms with Gasteiger partial charge < -0.3 is 4.90 Å². The summed E-state index contributed by atoms with van der Waals surface area (Å²) in [7, 11) is 2.18. The second kappa shape index (κ2) is 6.55. The van der Waals surface area contributed by atoms with Gasteiger partial charge in [0, 0.05) is 29.9 Å². The van der Waals surface area contributed by atoms with Crippen LogP contribution in [0.1, 0.15) is 18.1 Å². The minimum Gasteiger partial charge on any atom is -0.371 e. The van der Waals surface area contributed by atoms with E-state index in [-0.39, 0.29) is 0 Å². The average Bonchev–Trinajstić information content (AvgIpc) is 2.28. The van der Waals surface area contributed by atoms with E-state index in [1.165, 1.54) is 16.8 Å². The lowest BCUT2D eigenvalue weighted by Gasteiger charge is -2.28. The quantitative estimate of drug-likeness (QED) is 0.754. The molecule has 0 radical (unpaired) electrons. The van der Waals surface area contributed by atoms with Gasteiger partial charge in [0.15, 0.2) is 0 Å². The number of anilines is 1. The standard InChI is InChI=1S/C13H20BrNS/c1-10-5-6-13(12(7-10)8-14)15(3)11(2)9-16-4/h5-7,11H,8-9H2,1-4H3. The maximum absolute atomic E-state index is 3.57. The summed E-state index contributed by atoms with van der Waals surface area (Å²) in [6.07, 6.45) is 2.16. The van der Waals surface area contributed by atoms with Crippen LogP contribution in [-0.4, -0.2) is 25.1 Å². The van der Waals surface area contributed by atoms with E-state index in [1.54, 1.807) is 0 Å². The number of thioether (sulfide) groups is 1. The summed E-state index contributed by atoms with van der Waals surface area (Å²) in [4.78, 5) is 2.37. The fourth-order valence-electron chi connectivity index (χ4n) is 1.76. The topological polar surface area (TPSA) is 3.24 Å². The van der Waals surface area contributed by atoms with Crippen molar-refractivity contribution in [2.45, 2.75) is 25.2 Å². The van der Waals surface area contributed by atoms with Crippen molar-refractivity contribution in [2.75, 3.05) is 24.0 Å². The lowest BCUT2D eigenvalue weighted by atomic mass is 10.1. The molecule has 1 atom stereocenters. The summed E-state index contributed by atoms with van der Waals surface area (Å²) in [6.45, 7) is 4.41. The lowest BCUT2D eigenvalue weighted by Crippen LogP contribution is -2.31. The zero-order chi connectivity index (χ0) is 12.1. The Bertz CT molecular complexity index is 341. The molecule has 0 spiro atoms. The Labute approximate surface area is 112 Å². The second-order valence-corrected chi connectivity index (χ2v) is 5.65. The smallest absolute Gasteiger partial charge is 0.0407 e. The molecule has 0 N–H and O–H groups in total. The van der Waals surface area contributed by atoms with Crippen LogP contribution in [0.25, 0.3) is 0 Å². The molecule has 0 bridgehead atoms. The van der Waals surface area contributed by atoms with Crippen LogP contribution >= 0.6 is 27.7 Å². The number of alkyl halides is 1. The molecule has 0 amide bonds. The van der Waals surface area contributed by atoms with Crippen LogP contribution in [0.15, 0.2) is 18.2 Å². The molecule has 3 heteroatoms. The van der Waals surface area contributed by atoms with Crippen molar-refractivity contribution in [1.82, 2.24) is 0 Å². The van der Waals surface area contributed by atoms with Crippen molar-refractivity contribution in [3.05, 3.63) is 29.3 Å². The highest BCUT2D eigenvalue weighted by Crippen LogP contribution is 2.25. The van der Waals surface area contributed by atoms with E-state index in [2.05, 4.69) is 66.2 Å². The maximum Gasteiger partial charge on any atom is 0.0407 e. The normalized spacial score (nSPS) is 12.6. The second-order valence-electron chi connectivity index (χ2n) is 4.18. The first-order valence-electron chi connectivity index (χ1n) is 5.47. The van der Waals surface area contributed by atoms with Gasteiger partial charge in [-0.3, -0.25) is 0 Å². The molecule has 0 heterocycles. The number of halogens is 1. The van der Waals surface area contributed by atoms with Gasteiger partial charge in [-0.25, -0.2) is 0 Å². The number of aryl methyl sites for hydroxylation is 1. The van der Waals surface area contributed by atoms with Crippen molar-refractivity contribution in [3.63, 3.8) is 0 Å². The Balaban J connectivity index is 2.93. The minimum absolute atomic E-state index is 0.565. The van der Waals surface area contributed by atoms with Gasteiger partial charge in [0.2, 0.25) is 0 Å². The first-order valence-corrected chi connectivity index (χ1v) is 7.99. The monoisotopic (exact) mass is 301 g/mol. The van der Waals surface area contributed by atoms with Crippen LogP contribution in [0.2, 0.25) is 0 Å². The van der Waals surface area contributed by atoms with Crippen molar-refractivity contribution >= 4 is 33.4 Å². The van der Waals surface area contributed by atoms with Crippen molar-refractivity contribution < 1.29 is 0 Å². The van der Waals surface area contributed by atoms with Crippen LogP contribution in [0.5, 0.6) is 0 Å². The highest BCUT2D eigenvalue weighted by atomic mass is 79.9. The summed E-state index contributed by atoms with van der Waals surface area (Å²) in [5.74, 6) is 1.16. The van der Waals surface area contributed by atoms with Gasteiger partial charge in [-0.15, -0.1) is 0 Å². The third kappa shape index (κ3) is 3.42. The fourth-order valence-corrected chi connectivity index (χ4v) is 2.91. The SMILES string of the molecule is CSCC(C)N(C)c1ccc(C)cc1CBr. The van der Waals surface area contributed by atoms with Crippen LogP contribution in [0, 0.1) is 6.92 Å². The first kappa shape index (κ1) is 13.9. The third-order valence-electron chi connectivity index (χ3n) is 2.83. The highest BCUT2D eigenvalue weighted by Gasteiger charge is 2.12. The van der Waals surface area contributed by atoms with Crippen LogP contribution in [0.4, 0.5) is 5.69 Å². The molecular weight excluding hydrogens is 282 g/mol. The molecule has 1 aromatic rings. The first-order chi connectivity index (χ1) is 7.60. The number of hydrogen-bond acceptors (Lipinski definition) is 2. The van der Waals surface area contributed by atoms with Gasteiger partial charge in [-0.1, -0.05) is 33.6 Å². The van der Waals surface area contributed by atoms with Gasteiger partial charge in [0.25, 0.3) is 0 Å². The van der Waals surface area contributed by atoms with E-state index >= 15 is 0 Å². The third-order valence-corrected chi connectivity index (χ3v) is 4.25. The molecule has 0 aliphatic heterocycles. The van der Waals surface area contributed by atoms with E-state index < -0.39 is 0 Å². The molecule has 0 fully saturated rings. The summed E-state index contributed by atoms with van der Waals surface area (Å²) in [5.41, 5.74) is 4.03. The van der Waals surface area contributed by atoms with Gasteiger partial charge >= 0.3 is 0 Å². The number of hydrogen-bond donors (Lipinski definition) is 0. The summed E-state index contributed by atoms with van der Waals surface area (Å²) in [6, 6.07) is 7.23. The molecule has 0 aliphatic carbocycles. The van der Waals surface area contributed by atoms with Crippen molar-refractivity contribution in [1.29, 1.82) is 0 Å². The molecule has 0 saturated carbocycles. The Morgan fingerprint density at radius 2 is 2.12 bits per heavy atom. The Kier molecular flexibility index (Phi) is 5.70. The van der Waals surface area contributed by atoms with Crippen molar-refractivity contribution in [3.8, 4) is 0 Å². The number of rotatable bonds is 5. The molecule has 0 saturated heterocycles. The van der Waals surface area contributed by atoms with Crippen LogP contribution in [0.3, 0.4) is 0 Å². The van der Waals surface area contributed by atoms with E-state index in [4.69, 9.17) is 0 Å². The molecular formula is C13H20BrNS. The minimum atomic E-state index is 0.565.